The first-order chi connectivity index (χ1) is 11.8. The number of esters is 1. The third-order valence-corrected chi connectivity index (χ3v) is 5.01. The summed E-state index contributed by atoms with van der Waals surface area (Å²) in [7, 11) is 0. The summed E-state index contributed by atoms with van der Waals surface area (Å²) < 4.78 is 10.5. The third kappa shape index (κ3) is 12.8. The number of epoxide rings is 1. The summed E-state index contributed by atoms with van der Waals surface area (Å²) in [5.74, 6) is 0.811. The predicted molar refractivity (Wildman–Crippen MR) is 100 cm³/mol. The van der Waals surface area contributed by atoms with E-state index in [0.717, 1.165) is 38.2 Å². The number of rotatable bonds is 17. The third-order valence-electron chi connectivity index (χ3n) is 5.01. The van der Waals surface area contributed by atoms with Crippen molar-refractivity contribution in [2.45, 2.75) is 110 Å². The first kappa shape index (κ1) is 21.5. The van der Waals surface area contributed by atoms with Crippen LogP contribution < -0.4 is 0 Å². The van der Waals surface area contributed by atoms with Crippen molar-refractivity contribution in [3.05, 3.63) is 0 Å². The highest BCUT2D eigenvalue weighted by atomic mass is 16.6. The van der Waals surface area contributed by atoms with Crippen LogP contribution in [0.3, 0.4) is 0 Å². The maximum Gasteiger partial charge on any atom is 0.305 e. The molecule has 1 fully saturated rings. The van der Waals surface area contributed by atoms with Gasteiger partial charge in [-0.3, -0.25) is 4.79 Å². The van der Waals surface area contributed by atoms with Gasteiger partial charge in [-0.05, 0) is 38.0 Å². The van der Waals surface area contributed by atoms with E-state index in [9.17, 15) is 4.79 Å². The Labute approximate surface area is 149 Å². The van der Waals surface area contributed by atoms with E-state index in [2.05, 4.69) is 13.8 Å². The van der Waals surface area contributed by atoms with Gasteiger partial charge >= 0.3 is 5.97 Å². The fourth-order valence-corrected chi connectivity index (χ4v) is 3.29. The van der Waals surface area contributed by atoms with Crippen molar-refractivity contribution in [3.63, 3.8) is 0 Å². The monoisotopic (exact) mass is 340 g/mol. The molecule has 0 aromatic rings. The molecule has 0 bridgehead atoms. The molecule has 142 valence electrons. The van der Waals surface area contributed by atoms with Gasteiger partial charge in [-0.1, -0.05) is 65.2 Å². The zero-order valence-corrected chi connectivity index (χ0v) is 16.2. The molecule has 1 rings (SSSR count). The summed E-state index contributed by atoms with van der Waals surface area (Å²) in [5, 5.41) is 0. The molecule has 1 heterocycles. The molecule has 0 N–H and O–H groups in total. The minimum Gasteiger partial charge on any atom is -0.466 e. The van der Waals surface area contributed by atoms with Gasteiger partial charge in [0.15, 0.2) is 0 Å². The first-order valence-electron chi connectivity index (χ1n) is 10.5. The summed E-state index contributed by atoms with van der Waals surface area (Å²) in [4.78, 5) is 11.8. The fourth-order valence-electron chi connectivity index (χ4n) is 3.29. The van der Waals surface area contributed by atoms with Crippen LogP contribution in [0.25, 0.3) is 0 Å². The molecule has 0 amide bonds. The Balaban J connectivity index is 2.00. The molecular formula is C21H40O3. The Hall–Kier alpha value is -0.570. The number of hydrogen-bond donors (Lipinski definition) is 0. The van der Waals surface area contributed by atoms with E-state index < -0.39 is 0 Å². The SMILES string of the molecule is CCCCCCC(CCCC)CCCC(=O)OCCCCC1CO1. The first-order valence-corrected chi connectivity index (χ1v) is 10.5. The van der Waals surface area contributed by atoms with Crippen LogP contribution in [0.1, 0.15) is 104 Å². The minimum atomic E-state index is -0.00195. The van der Waals surface area contributed by atoms with Gasteiger partial charge in [0.25, 0.3) is 0 Å². The molecule has 1 aliphatic heterocycles. The van der Waals surface area contributed by atoms with Crippen LogP contribution in [-0.2, 0) is 14.3 Å². The zero-order valence-electron chi connectivity index (χ0n) is 16.2. The predicted octanol–water partition coefficient (Wildman–Crippen LogP) is 6.05. The topological polar surface area (TPSA) is 38.8 Å². The summed E-state index contributed by atoms with van der Waals surface area (Å²) >= 11 is 0. The largest absolute Gasteiger partial charge is 0.466 e. The number of carbonyl (C=O) groups excluding carboxylic acids is 1. The minimum absolute atomic E-state index is 0.00195. The number of carbonyl (C=O) groups is 1. The Morgan fingerprint density at radius 3 is 2.38 bits per heavy atom. The van der Waals surface area contributed by atoms with Gasteiger partial charge in [0.05, 0.1) is 19.3 Å². The Bertz CT molecular complexity index is 299. The van der Waals surface area contributed by atoms with Crippen LogP contribution in [-0.4, -0.2) is 25.3 Å². The van der Waals surface area contributed by atoms with Gasteiger partial charge in [0.1, 0.15) is 0 Å². The summed E-state index contributed by atoms with van der Waals surface area (Å²) in [6.45, 7) is 6.04. The maximum atomic E-state index is 11.8. The van der Waals surface area contributed by atoms with Gasteiger partial charge in [-0.25, -0.2) is 0 Å². The molecule has 24 heavy (non-hydrogen) atoms. The smallest absolute Gasteiger partial charge is 0.305 e. The Kier molecular flexibility index (Phi) is 13.2. The van der Waals surface area contributed by atoms with Crippen molar-refractivity contribution >= 4 is 5.97 Å². The van der Waals surface area contributed by atoms with Crippen molar-refractivity contribution in [1.82, 2.24) is 0 Å². The van der Waals surface area contributed by atoms with Crippen LogP contribution in [0.5, 0.6) is 0 Å². The van der Waals surface area contributed by atoms with Crippen molar-refractivity contribution < 1.29 is 14.3 Å². The molecule has 3 heteroatoms. The van der Waals surface area contributed by atoms with Gasteiger partial charge in [-0.2, -0.15) is 0 Å². The van der Waals surface area contributed by atoms with E-state index in [1.165, 1.54) is 57.8 Å². The highest BCUT2D eigenvalue weighted by Crippen LogP contribution is 2.23. The fraction of sp³-hybridized carbons (Fsp3) is 0.952. The van der Waals surface area contributed by atoms with Gasteiger partial charge in [-0.15, -0.1) is 0 Å². The lowest BCUT2D eigenvalue weighted by Crippen LogP contribution is -2.08. The van der Waals surface area contributed by atoms with Crippen molar-refractivity contribution in [2.75, 3.05) is 13.2 Å². The summed E-state index contributed by atoms with van der Waals surface area (Å²) in [6, 6.07) is 0. The van der Waals surface area contributed by atoms with E-state index in [-0.39, 0.29) is 5.97 Å². The molecule has 0 aromatic heterocycles. The van der Waals surface area contributed by atoms with Crippen LogP contribution in [0.15, 0.2) is 0 Å². The standard InChI is InChI=1S/C21H40O3/c1-3-5-7-8-13-19(12-6-4-2)14-11-16-21(22)23-17-10-9-15-20-18-24-20/h19-20H,3-18H2,1-2H3. The lowest BCUT2D eigenvalue weighted by atomic mass is 9.90. The molecule has 0 radical (unpaired) electrons. The lowest BCUT2D eigenvalue weighted by molar-refractivity contribution is -0.143. The molecule has 2 atom stereocenters. The zero-order chi connectivity index (χ0) is 17.5. The normalized spacial score (nSPS) is 17.7. The molecule has 1 saturated heterocycles. The van der Waals surface area contributed by atoms with Crippen LogP contribution in [0.4, 0.5) is 0 Å². The quantitative estimate of drug-likeness (QED) is 0.184. The molecular weight excluding hydrogens is 300 g/mol. The van der Waals surface area contributed by atoms with Crippen molar-refractivity contribution in [2.24, 2.45) is 5.92 Å². The van der Waals surface area contributed by atoms with Gasteiger partial charge in [0, 0.05) is 6.42 Å². The van der Waals surface area contributed by atoms with Crippen LogP contribution in [0, 0.1) is 5.92 Å². The van der Waals surface area contributed by atoms with Gasteiger partial charge < -0.3 is 9.47 Å². The van der Waals surface area contributed by atoms with Crippen molar-refractivity contribution in [3.8, 4) is 0 Å². The number of unbranched alkanes of at least 4 members (excludes halogenated alkanes) is 5. The van der Waals surface area contributed by atoms with E-state index in [0.29, 0.717) is 19.1 Å². The number of ether oxygens (including phenoxy) is 2. The molecule has 1 aliphatic rings. The molecule has 0 aromatic carbocycles. The number of hydrogen-bond acceptors (Lipinski definition) is 3. The molecule has 0 saturated carbocycles. The van der Waals surface area contributed by atoms with E-state index in [4.69, 9.17) is 9.47 Å². The Morgan fingerprint density at radius 1 is 0.958 bits per heavy atom. The van der Waals surface area contributed by atoms with Crippen LogP contribution in [0.2, 0.25) is 0 Å². The van der Waals surface area contributed by atoms with E-state index in [1.807, 2.05) is 0 Å². The molecule has 2 unspecified atom stereocenters. The van der Waals surface area contributed by atoms with Gasteiger partial charge in [0.2, 0.25) is 0 Å². The second-order valence-corrected chi connectivity index (χ2v) is 7.42. The second-order valence-electron chi connectivity index (χ2n) is 7.42. The summed E-state index contributed by atoms with van der Waals surface area (Å²) in [5.41, 5.74) is 0. The highest BCUT2D eigenvalue weighted by molar-refractivity contribution is 5.69. The average Bonchev–Trinajstić information content (AvgIpc) is 3.40. The molecule has 0 aliphatic carbocycles. The molecule has 0 spiro atoms. The Morgan fingerprint density at radius 2 is 1.67 bits per heavy atom. The van der Waals surface area contributed by atoms with Crippen LogP contribution >= 0.6 is 0 Å². The lowest BCUT2D eigenvalue weighted by Gasteiger charge is -2.16. The van der Waals surface area contributed by atoms with Crippen molar-refractivity contribution in [1.29, 1.82) is 0 Å². The second kappa shape index (κ2) is 14.7. The molecule has 3 nitrogen and oxygen atoms in total. The van der Waals surface area contributed by atoms with E-state index in [1.54, 1.807) is 0 Å². The highest BCUT2D eigenvalue weighted by Gasteiger charge is 2.21. The maximum absolute atomic E-state index is 11.8. The van der Waals surface area contributed by atoms with E-state index >= 15 is 0 Å². The average molecular weight is 341 g/mol. The summed E-state index contributed by atoms with van der Waals surface area (Å²) in [6.07, 6.45) is 17.2.